The summed E-state index contributed by atoms with van der Waals surface area (Å²) >= 11 is 0. The summed E-state index contributed by atoms with van der Waals surface area (Å²) in [5, 5.41) is 6.73. The summed E-state index contributed by atoms with van der Waals surface area (Å²) in [6, 6.07) is 8.19. The molecule has 1 fully saturated rings. The van der Waals surface area contributed by atoms with Crippen LogP contribution >= 0.6 is 0 Å². The van der Waals surface area contributed by atoms with Crippen molar-refractivity contribution in [2.45, 2.75) is 58.2 Å². The summed E-state index contributed by atoms with van der Waals surface area (Å²) in [5.74, 6) is 1.57. The summed E-state index contributed by atoms with van der Waals surface area (Å²) < 4.78 is 31.0. The predicted octanol–water partition coefficient (Wildman–Crippen LogP) is 3.26. The second-order valence-electron chi connectivity index (χ2n) is 7.86. The largest absolute Gasteiger partial charge is 0.488 e. The van der Waals surface area contributed by atoms with Crippen LogP contribution in [-0.4, -0.2) is 55.6 Å². The molecule has 1 saturated heterocycles. The fourth-order valence-corrected chi connectivity index (χ4v) is 3.10. The number of hydrogen-bond acceptors (Lipinski definition) is 3. The molecule has 0 aromatic heterocycles. The van der Waals surface area contributed by atoms with E-state index in [4.69, 9.17) is 4.74 Å². The minimum absolute atomic E-state index is 0.135. The van der Waals surface area contributed by atoms with Gasteiger partial charge in [0.2, 0.25) is 0 Å². The Morgan fingerprint density at radius 1 is 1.26 bits per heavy atom. The molecule has 1 aromatic rings. The van der Waals surface area contributed by atoms with E-state index in [0.717, 1.165) is 24.2 Å². The maximum absolute atomic E-state index is 12.5. The molecular weight excluding hydrogens is 350 g/mol. The number of benzene rings is 1. The van der Waals surface area contributed by atoms with Crippen molar-refractivity contribution in [2.75, 3.05) is 26.7 Å². The molecule has 0 spiro atoms. The van der Waals surface area contributed by atoms with Gasteiger partial charge in [0, 0.05) is 38.3 Å². The molecule has 1 aromatic carbocycles. The molecule has 2 rings (SSSR count). The van der Waals surface area contributed by atoms with Crippen LogP contribution in [0.3, 0.4) is 0 Å². The van der Waals surface area contributed by atoms with Crippen molar-refractivity contribution in [2.24, 2.45) is 4.99 Å². The average Bonchev–Trinajstić information content (AvgIpc) is 2.59. The Hall–Kier alpha value is -1.89. The van der Waals surface area contributed by atoms with E-state index in [1.165, 1.54) is 0 Å². The van der Waals surface area contributed by atoms with Gasteiger partial charge in [0.1, 0.15) is 11.4 Å². The molecule has 0 saturated carbocycles. The van der Waals surface area contributed by atoms with Crippen LogP contribution in [0.2, 0.25) is 0 Å². The molecule has 7 heteroatoms. The number of likely N-dealkylation sites (tertiary alicyclic amines) is 1. The van der Waals surface area contributed by atoms with Crippen molar-refractivity contribution in [3.63, 3.8) is 0 Å². The Morgan fingerprint density at radius 3 is 2.52 bits per heavy atom. The number of hydrogen-bond donors (Lipinski definition) is 2. The van der Waals surface area contributed by atoms with Crippen molar-refractivity contribution >= 4 is 5.96 Å². The molecule has 1 aliphatic rings. The maximum atomic E-state index is 12.5. The minimum Gasteiger partial charge on any atom is -0.488 e. The van der Waals surface area contributed by atoms with Gasteiger partial charge in [0.05, 0.1) is 6.54 Å². The Kier molecular flexibility index (Phi) is 7.83. The number of nitrogens with zero attached hydrogens (tertiary/aromatic N) is 2. The van der Waals surface area contributed by atoms with E-state index in [1.807, 2.05) is 49.9 Å². The average molecular weight is 382 g/mol. The quantitative estimate of drug-likeness (QED) is 0.586. The highest BCUT2D eigenvalue weighted by atomic mass is 19.3. The maximum Gasteiger partial charge on any atom is 0.251 e. The second kappa shape index (κ2) is 9.88. The molecule has 0 amide bonds. The van der Waals surface area contributed by atoms with Crippen LogP contribution in [0.1, 0.15) is 39.2 Å². The fourth-order valence-electron chi connectivity index (χ4n) is 3.10. The van der Waals surface area contributed by atoms with Crippen LogP contribution in [-0.2, 0) is 6.54 Å². The van der Waals surface area contributed by atoms with Gasteiger partial charge in [-0.1, -0.05) is 18.2 Å². The van der Waals surface area contributed by atoms with Crippen molar-refractivity contribution in [3.8, 4) is 5.75 Å². The number of nitrogens with one attached hydrogen (secondary N) is 2. The number of ether oxygens (including phenoxy) is 1. The van der Waals surface area contributed by atoms with Crippen LogP contribution in [0.25, 0.3) is 0 Å². The molecule has 0 aliphatic carbocycles. The van der Waals surface area contributed by atoms with E-state index in [-0.39, 0.29) is 18.2 Å². The van der Waals surface area contributed by atoms with E-state index in [1.54, 1.807) is 7.05 Å². The summed E-state index contributed by atoms with van der Waals surface area (Å²) in [6.45, 7) is 7.90. The molecule has 0 radical (unpaired) electrons. The normalized spacial score (nSPS) is 17.2. The number of rotatable bonds is 6. The lowest BCUT2D eigenvalue weighted by Crippen LogP contribution is -2.49. The molecule has 0 bridgehead atoms. The summed E-state index contributed by atoms with van der Waals surface area (Å²) in [5.41, 5.74) is 0.796. The van der Waals surface area contributed by atoms with E-state index in [0.29, 0.717) is 25.6 Å². The van der Waals surface area contributed by atoms with Gasteiger partial charge >= 0.3 is 0 Å². The van der Waals surface area contributed by atoms with E-state index in [2.05, 4.69) is 15.6 Å². The highest BCUT2D eigenvalue weighted by Gasteiger charge is 2.22. The van der Waals surface area contributed by atoms with Crippen molar-refractivity contribution in [1.82, 2.24) is 15.5 Å². The van der Waals surface area contributed by atoms with Crippen molar-refractivity contribution in [3.05, 3.63) is 29.8 Å². The summed E-state index contributed by atoms with van der Waals surface area (Å²) in [7, 11) is 1.73. The molecule has 27 heavy (non-hydrogen) atoms. The topological polar surface area (TPSA) is 48.9 Å². The molecule has 5 nitrogen and oxygen atoms in total. The lowest BCUT2D eigenvalue weighted by molar-refractivity contribution is 0.0744. The van der Waals surface area contributed by atoms with Crippen LogP contribution in [0.15, 0.2) is 29.3 Å². The van der Waals surface area contributed by atoms with Gasteiger partial charge in [0.25, 0.3) is 6.43 Å². The standard InChI is InChI=1S/C20H32F2N4O/c1-20(2,3)27-17-8-6-5-7-15(17)13-24-19(23-4)25-16-9-11-26(12-10-16)14-18(21)22/h5-8,16,18H,9-14H2,1-4H3,(H2,23,24,25). The number of piperidine rings is 1. The third-order valence-electron chi connectivity index (χ3n) is 4.38. The zero-order chi connectivity index (χ0) is 19.9. The van der Waals surface area contributed by atoms with Gasteiger partial charge in [0.15, 0.2) is 5.96 Å². The first kappa shape index (κ1) is 21.4. The Bertz CT molecular complexity index is 608. The zero-order valence-corrected chi connectivity index (χ0v) is 16.8. The molecule has 1 heterocycles. The van der Waals surface area contributed by atoms with Crippen molar-refractivity contribution < 1.29 is 13.5 Å². The number of para-hydroxylation sites is 1. The van der Waals surface area contributed by atoms with Crippen LogP contribution in [0.4, 0.5) is 8.78 Å². The monoisotopic (exact) mass is 382 g/mol. The van der Waals surface area contributed by atoms with E-state index < -0.39 is 6.43 Å². The highest BCUT2D eigenvalue weighted by Crippen LogP contribution is 2.22. The third-order valence-corrected chi connectivity index (χ3v) is 4.38. The molecule has 0 unspecified atom stereocenters. The first-order chi connectivity index (χ1) is 12.8. The Balaban J connectivity index is 1.85. The van der Waals surface area contributed by atoms with Crippen LogP contribution in [0, 0.1) is 0 Å². The molecule has 0 atom stereocenters. The van der Waals surface area contributed by atoms with Gasteiger partial charge < -0.3 is 15.4 Å². The van der Waals surface area contributed by atoms with Gasteiger partial charge in [-0.15, -0.1) is 0 Å². The number of halogens is 2. The molecular formula is C20H32F2N4O. The van der Waals surface area contributed by atoms with Gasteiger partial charge in [-0.3, -0.25) is 9.89 Å². The second-order valence-corrected chi connectivity index (χ2v) is 7.86. The van der Waals surface area contributed by atoms with Gasteiger partial charge in [-0.05, 0) is 39.7 Å². The lowest BCUT2D eigenvalue weighted by Gasteiger charge is -2.32. The smallest absolute Gasteiger partial charge is 0.251 e. The Labute approximate surface area is 161 Å². The third kappa shape index (κ3) is 7.71. The highest BCUT2D eigenvalue weighted by molar-refractivity contribution is 5.80. The Morgan fingerprint density at radius 2 is 1.93 bits per heavy atom. The number of aliphatic imine (C=N–C) groups is 1. The number of alkyl halides is 2. The van der Waals surface area contributed by atoms with E-state index >= 15 is 0 Å². The van der Waals surface area contributed by atoms with Crippen molar-refractivity contribution in [1.29, 1.82) is 0 Å². The van der Waals surface area contributed by atoms with E-state index in [9.17, 15) is 8.78 Å². The minimum atomic E-state index is -2.26. The predicted molar refractivity (Wildman–Crippen MR) is 106 cm³/mol. The number of guanidine groups is 1. The fraction of sp³-hybridized carbons (Fsp3) is 0.650. The van der Waals surface area contributed by atoms with Crippen LogP contribution in [0.5, 0.6) is 5.75 Å². The summed E-state index contributed by atoms with van der Waals surface area (Å²) in [4.78, 5) is 6.11. The first-order valence-corrected chi connectivity index (χ1v) is 9.51. The molecule has 2 N–H and O–H groups in total. The van der Waals surface area contributed by atoms with Gasteiger partial charge in [-0.2, -0.15) is 0 Å². The zero-order valence-electron chi connectivity index (χ0n) is 16.8. The van der Waals surface area contributed by atoms with Gasteiger partial charge in [-0.25, -0.2) is 8.78 Å². The van der Waals surface area contributed by atoms with Crippen LogP contribution < -0.4 is 15.4 Å². The SMILES string of the molecule is CN=C(NCc1ccccc1OC(C)(C)C)NC1CCN(CC(F)F)CC1. The summed E-state index contributed by atoms with van der Waals surface area (Å²) in [6.07, 6.45) is -0.604. The molecule has 1 aliphatic heterocycles. The first-order valence-electron chi connectivity index (χ1n) is 9.51. The lowest BCUT2D eigenvalue weighted by atomic mass is 10.1. The molecule has 152 valence electrons.